The molecule has 5 nitrogen and oxygen atoms in total. The lowest BCUT2D eigenvalue weighted by Gasteiger charge is -2.08. The van der Waals surface area contributed by atoms with Crippen LogP contribution in [0.2, 0.25) is 5.02 Å². The van der Waals surface area contributed by atoms with E-state index in [0.717, 1.165) is 15.6 Å². The second-order valence-corrected chi connectivity index (χ2v) is 7.29. The molecule has 0 aliphatic rings. The molecule has 1 N–H and O–H groups in total. The highest BCUT2D eigenvalue weighted by molar-refractivity contribution is 9.10. The summed E-state index contributed by atoms with van der Waals surface area (Å²) >= 11 is 9.28. The largest absolute Gasteiger partial charge is 0.352 e. The van der Waals surface area contributed by atoms with Crippen LogP contribution in [0.4, 0.5) is 0 Å². The molecule has 0 saturated heterocycles. The van der Waals surface area contributed by atoms with Gasteiger partial charge < -0.3 is 5.32 Å². The number of halogens is 2. The number of hydrogen-bond acceptors (Lipinski definition) is 3. The zero-order valence-corrected chi connectivity index (χ0v) is 16.7. The summed E-state index contributed by atoms with van der Waals surface area (Å²) in [6.07, 6.45) is 0.174. The predicted octanol–water partition coefficient (Wildman–Crippen LogP) is 4.03. The Hall–Kier alpha value is -2.44. The molecule has 0 atom stereocenters. The standard InChI is InChI=1S/C20H17BrClN3O2/c21-16-5-1-14(2-6-16)13-23-19(26)11-12-25-20(27)10-9-18(24-25)15-3-7-17(22)8-4-15/h1-10H,11-13H2,(H,23,26). The molecule has 3 aromatic rings. The molecule has 0 spiro atoms. The van der Waals surface area contributed by atoms with Crippen LogP contribution in [0.15, 0.2) is 69.9 Å². The Labute approximate surface area is 170 Å². The van der Waals surface area contributed by atoms with Gasteiger partial charge in [-0.1, -0.05) is 51.8 Å². The first-order chi connectivity index (χ1) is 13.0. The van der Waals surface area contributed by atoms with E-state index in [2.05, 4.69) is 26.3 Å². The third-order valence-electron chi connectivity index (χ3n) is 3.96. The van der Waals surface area contributed by atoms with Crippen molar-refractivity contribution < 1.29 is 4.79 Å². The highest BCUT2D eigenvalue weighted by Crippen LogP contribution is 2.18. The van der Waals surface area contributed by atoms with Crippen LogP contribution < -0.4 is 10.9 Å². The van der Waals surface area contributed by atoms with E-state index in [1.54, 1.807) is 18.2 Å². The molecule has 0 unspecified atom stereocenters. The van der Waals surface area contributed by atoms with Crippen molar-refractivity contribution in [2.45, 2.75) is 19.5 Å². The number of hydrogen-bond donors (Lipinski definition) is 1. The summed E-state index contributed by atoms with van der Waals surface area (Å²) < 4.78 is 2.30. The van der Waals surface area contributed by atoms with Gasteiger partial charge >= 0.3 is 0 Å². The van der Waals surface area contributed by atoms with Crippen molar-refractivity contribution in [2.75, 3.05) is 0 Å². The fraction of sp³-hybridized carbons (Fsp3) is 0.150. The Balaban J connectivity index is 1.60. The highest BCUT2D eigenvalue weighted by atomic mass is 79.9. The van der Waals surface area contributed by atoms with Gasteiger partial charge in [-0.2, -0.15) is 5.10 Å². The maximum Gasteiger partial charge on any atom is 0.266 e. The lowest BCUT2D eigenvalue weighted by Crippen LogP contribution is -2.28. The van der Waals surface area contributed by atoms with Crippen LogP contribution in [-0.2, 0) is 17.9 Å². The van der Waals surface area contributed by atoms with Crippen molar-refractivity contribution in [1.82, 2.24) is 15.1 Å². The summed E-state index contributed by atoms with van der Waals surface area (Å²) in [7, 11) is 0. The van der Waals surface area contributed by atoms with Gasteiger partial charge in [0, 0.05) is 34.1 Å². The normalized spacial score (nSPS) is 10.6. The van der Waals surface area contributed by atoms with Crippen LogP contribution in [0, 0.1) is 0 Å². The zero-order chi connectivity index (χ0) is 19.2. The Bertz CT molecular complexity index is 985. The molecule has 1 aromatic heterocycles. The van der Waals surface area contributed by atoms with Crippen LogP contribution in [0.25, 0.3) is 11.3 Å². The van der Waals surface area contributed by atoms with E-state index < -0.39 is 0 Å². The van der Waals surface area contributed by atoms with Gasteiger partial charge in [0.1, 0.15) is 0 Å². The van der Waals surface area contributed by atoms with Gasteiger partial charge in [-0.25, -0.2) is 4.68 Å². The molecule has 0 aliphatic heterocycles. The van der Waals surface area contributed by atoms with Gasteiger partial charge in [0.05, 0.1) is 12.2 Å². The van der Waals surface area contributed by atoms with E-state index in [9.17, 15) is 9.59 Å². The number of nitrogens with zero attached hydrogens (tertiary/aromatic N) is 2. The Morgan fingerprint density at radius 1 is 1.04 bits per heavy atom. The lowest BCUT2D eigenvalue weighted by molar-refractivity contribution is -0.121. The van der Waals surface area contributed by atoms with Gasteiger partial charge in [0.15, 0.2) is 0 Å². The fourth-order valence-electron chi connectivity index (χ4n) is 2.48. The van der Waals surface area contributed by atoms with Crippen molar-refractivity contribution in [2.24, 2.45) is 0 Å². The molecule has 1 amide bonds. The first kappa shape index (κ1) is 19.3. The van der Waals surface area contributed by atoms with Crippen LogP contribution in [0.5, 0.6) is 0 Å². The molecule has 27 heavy (non-hydrogen) atoms. The van der Waals surface area contributed by atoms with E-state index in [-0.39, 0.29) is 24.4 Å². The maximum atomic E-state index is 12.1. The van der Waals surface area contributed by atoms with Gasteiger partial charge in [0.2, 0.25) is 5.91 Å². The first-order valence-electron chi connectivity index (χ1n) is 8.36. The average Bonchev–Trinajstić information content (AvgIpc) is 2.67. The van der Waals surface area contributed by atoms with E-state index in [4.69, 9.17) is 11.6 Å². The third-order valence-corrected chi connectivity index (χ3v) is 4.74. The van der Waals surface area contributed by atoms with E-state index in [1.807, 2.05) is 36.4 Å². The molecule has 1 heterocycles. The monoisotopic (exact) mass is 445 g/mol. The fourth-order valence-corrected chi connectivity index (χ4v) is 2.87. The zero-order valence-electron chi connectivity index (χ0n) is 14.4. The maximum absolute atomic E-state index is 12.1. The molecule has 138 valence electrons. The summed E-state index contributed by atoms with van der Waals surface area (Å²) in [4.78, 5) is 24.1. The second-order valence-electron chi connectivity index (χ2n) is 5.94. The number of nitrogens with one attached hydrogen (secondary N) is 1. The van der Waals surface area contributed by atoms with Gasteiger partial charge in [-0.05, 0) is 35.9 Å². The predicted molar refractivity (Wildman–Crippen MR) is 110 cm³/mol. The van der Waals surface area contributed by atoms with Crippen molar-refractivity contribution in [3.63, 3.8) is 0 Å². The molecule has 7 heteroatoms. The molecule has 2 aromatic carbocycles. The first-order valence-corrected chi connectivity index (χ1v) is 9.53. The van der Waals surface area contributed by atoms with E-state index in [0.29, 0.717) is 17.3 Å². The van der Waals surface area contributed by atoms with Crippen molar-refractivity contribution >= 4 is 33.4 Å². The minimum Gasteiger partial charge on any atom is -0.352 e. The van der Waals surface area contributed by atoms with Crippen LogP contribution >= 0.6 is 27.5 Å². The van der Waals surface area contributed by atoms with Crippen molar-refractivity contribution in [1.29, 1.82) is 0 Å². The van der Waals surface area contributed by atoms with E-state index >= 15 is 0 Å². The molecule has 0 radical (unpaired) electrons. The van der Waals surface area contributed by atoms with E-state index in [1.165, 1.54) is 10.7 Å². The average molecular weight is 447 g/mol. The number of carbonyl (C=O) groups is 1. The van der Waals surface area contributed by atoms with Crippen LogP contribution in [0.3, 0.4) is 0 Å². The van der Waals surface area contributed by atoms with Crippen LogP contribution in [-0.4, -0.2) is 15.7 Å². The molecule has 0 bridgehead atoms. The summed E-state index contributed by atoms with van der Waals surface area (Å²) in [5.41, 5.74) is 2.27. The Morgan fingerprint density at radius 3 is 2.44 bits per heavy atom. The highest BCUT2D eigenvalue weighted by Gasteiger charge is 2.07. The third kappa shape index (κ3) is 5.52. The Morgan fingerprint density at radius 2 is 1.74 bits per heavy atom. The minimum atomic E-state index is -0.242. The molecule has 3 rings (SSSR count). The number of amides is 1. The number of aryl methyl sites for hydroxylation is 1. The number of benzene rings is 2. The number of carbonyl (C=O) groups excluding carboxylic acids is 1. The van der Waals surface area contributed by atoms with Gasteiger partial charge in [-0.15, -0.1) is 0 Å². The van der Waals surface area contributed by atoms with Crippen molar-refractivity contribution in [3.05, 3.63) is 86.1 Å². The summed E-state index contributed by atoms with van der Waals surface area (Å²) in [5, 5.41) is 7.83. The van der Waals surface area contributed by atoms with Gasteiger partial charge in [-0.3, -0.25) is 9.59 Å². The summed E-state index contributed by atoms with van der Waals surface area (Å²) in [6, 6.07) is 18.0. The lowest BCUT2D eigenvalue weighted by atomic mass is 10.1. The second kappa shape index (κ2) is 8.97. The van der Waals surface area contributed by atoms with Gasteiger partial charge in [0.25, 0.3) is 5.56 Å². The molecular weight excluding hydrogens is 430 g/mol. The number of aromatic nitrogens is 2. The molecular formula is C20H17BrClN3O2. The minimum absolute atomic E-state index is 0.136. The molecule has 0 aliphatic carbocycles. The summed E-state index contributed by atoms with van der Waals surface area (Å²) in [6.45, 7) is 0.658. The topological polar surface area (TPSA) is 64.0 Å². The van der Waals surface area contributed by atoms with Crippen molar-refractivity contribution in [3.8, 4) is 11.3 Å². The SMILES string of the molecule is O=C(CCn1nc(-c2ccc(Cl)cc2)ccc1=O)NCc1ccc(Br)cc1. The Kier molecular flexibility index (Phi) is 6.42. The quantitative estimate of drug-likeness (QED) is 0.622. The summed E-state index contributed by atoms with van der Waals surface area (Å²) in [5.74, 6) is -0.136. The number of rotatable bonds is 6. The van der Waals surface area contributed by atoms with Crippen LogP contribution in [0.1, 0.15) is 12.0 Å². The molecule has 0 saturated carbocycles. The smallest absolute Gasteiger partial charge is 0.266 e. The molecule has 0 fully saturated rings.